The Bertz CT molecular complexity index is 1360. The molecule has 11 heteroatoms. The number of amides is 1. The second-order valence-corrected chi connectivity index (χ2v) is 9.01. The number of para-hydroxylation sites is 1. The predicted octanol–water partition coefficient (Wildman–Crippen LogP) is 3.80. The Morgan fingerprint density at radius 3 is 2.93 bits per heavy atom. The van der Waals surface area contributed by atoms with E-state index in [2.05, 4.69) is 41.4 Å². The quantitative estimate of drug-likeness (QED) is 0.294. The minimum atomic E-state index is -0.185. The summed E-state index contributed by atoms with van der Waals surface area (Å²) in [7, 11) is 0. The van der Waals surface area contributed by atoms with Gasteiger partial charge >= 0.3 is 0 Å². The van der Waals surface area contributed by atoms with E-state index in [4.69, 9.17) is 5.84 Å². The largest absolute Gasteiger partial charge is 0.337 e. The maximum absolute atomic E-state index is 12.3. The van der Waals surface area contributed by atoms with Crippen molar-refractivity contribution < 1.29 is 4.79 Å². The molecule has 0 saturated carbocycles. The number of benzene rings is 2. The smallest absolute Gasteiger partial charge is 0.236 e. The fourth-order valence-corrected chi connectivity index (χ4v) is 4.77. The van der Waals surface area contributed by atoms with Crippen molar-refractivity contribution in [2.45, 2.75) is 5.16 Å². The zero-order valence-electron chi connectivity index (χ0n) is 14.7. The number of nitrogens with two attached hydrogens (primary N) is 1. The topological polar surface area (TPSA) is 112 Å². The summed E-state index contributed by atoms with van der Waals surface area (Å²) in [5, 5.41) is 13.0. The highest BCUT2D eigenvalue weighted by Gasteiger charge is 2.15. The third kappa shape index (κ3) is 3.41. The lowest BCUT2D eigenvalue weighted by Crippen LogP contribution is -2.14. The second-order valence-electron chi connectivity index (χ2n) is 6.12. The predicted molar refractivity (Wildman–Crippen MR) is 120 cm³/mol. The molecule has 0 bridgehead atoms. The molecule has 0 radical (unpaired) electrons. The van der Waals surface area contributed by atoms with Gasteiger partial charge in [0.1, 0.15) is 5.52 Å². The van der Waals surface area contributed by atoms with Crippen molar-refractivity contribution in [2.24, 2.45) is 0 Å². The molecule has 0 fully saturated rings. The van der Waals surface area contributed by atoms with E-state index in [1.807, 2.05) is 42.5 Å². The van der Waals surface area contributed by atoms with Crippen LogP contribution < -0.4 is 11.2 Å². The number of hydrogen-bond donors (Lipinski definition) is 2. The van der Waals surface area contributed by atoms with E-state index in [9.17, 15) is 4.79 Å². The number of nitrogen functional groups attached to an aromatic ring is 1. The number of anilines is 1. The zero-order valence-corrected chi connectivity index (χ0v) is 17.9. The van der Waals surface area contributed by atoms with Crippen molar-refractivity contribution in [2.75, 3.05) is 16.9 Å². The molecule has 5 aromatic rings. The SMILES string of the molecule is Nn1c2ccc(Br)cc2c2nnc(SCC(=O)Nc3nc4ccccc4s3)nc21. The van der Waals surface area contributed by atoms with Gasteiger partial charge in [-0.15, -0.1) is 10.2 Å². The Morgan fingerprint density at radius 2 is 2.07 bits per heavy atom. The van der Waals surface area contributed by atoms with E-state index in [0.717, 1.165) is 25.6 Å². The van der Waals surface area contributed by atoms with Gasteiger partial charge in [-0.3, -0.25) is 4.79 Å². The van der Waals surface area contributed by atoms with Crippen molar-refractivity contribution in [1.29, 1.82) is 0 Å². The molecule has 5 rings (SSSR count). The lowest BCUT2D eigenvalue weighted by atomic mass is 10.2. The number of fused-ring (bicyclic) bond motifs is 4. The summed E-state index contributed by atoms with van der Waals surface area (Å²) >= 11 is 6.08. The number of carbonyl (C=O) groups excluding carboxylic acids is 1. The van der Waals surface area contributed by atoms with Crippen LogP contribution in [0.5, 0.6) is 0 Å². The van der Waals surface area contributed by atoms with Crippen LogP contribution >= 0.6 is 39.0 Å². The summed E-state index contributed by atoms with van der Waals surface area (Å²) in [4.78, 5) is 21.2. The van der Waals surface area contributed by atoms with E-state index in [1.54, 1.807) is 0 Å². The van der Waals surface area contributed by atoms with Gasteiger partial charge in [0, 0.05) is 9.86 Å². The first kappa shape index (κ1) is 18.3. The van der Waals surface area contributed by atoms with Crippen LogP contribution in [0.25, 0.3) is 32.3 Å². The Morgan fingerprint density at radius 1 is 1.21 bits per heavy atom. The highest BCUT2D eigenvalue weighted by molar-refractivity contribution is 9.10. The molecule has 29 heavy (non-hydrogen) atoms. The van der Waals surface area contributed by atoms with Crippen LogP contribution in [0.3, 0.4) is 0 Å². The van der Waals surface area contributed by atoms with Gasteiger partial charge in [-0.05, 0) is 30.3 Å². The van der Waals surface area contributed by atoms with Gasteiger partial charge in [-0.2, -0.15) is 4.98 Å². The number of halogens is 1. The van der Waals surface area contributed by atoms with Gasteiger partial charge in [0.2, 0.25) is 11.1 Å². The first-order valence-corrected chi connectivity index (χ1v) is 11.1. The highest BCUT2D eigenvalue weighted by Crippen LogP contribution is 2.28. The Hall–Kier alpha value is -2.76. The molecule has 8 nitrogen and oxygen atoms in total. The van der Waals surface area contributed by atoms with Crippen LogP contribution in [0.2, 0.25) is 0 Å². The van der Waals surface area contributed by atoms with E-state index >= 15 is 0 Å². The van der Waals surface area contributed by atoms with E-state index in [-0.39, 0.29) is 11.7 Å². The Labute approximate surface area is 180 Å². The van der Waals surface area contributed by atoms with Gasteiger partial charge in [-0.25, -0.2) is 9.66 Å². The number of carbonyl (C=O) groups is 1. The molecule has 0 saturated heterocycles. The number of rotatable bonds is 4. The summed E-state index contributed by atoms with van der Waals surface area (Å²) in [5.74, 6) is 6.12. The summed E-state index contributed by atoms with van der Waals surface area (Å²) < 4.78 is 3.43. The Balaban J connectivity index is 1.34. The third-order valence-corrected chi connectivity index (χ3v) is 6.51. The van der Waals surface area contributed by atoms with Crippen LogP contribution in [0.15, 0.2) is 52.1 Å². The molecule has 0 aliphatic rings. The van der Waals surface area contributed by atoms with E-state index in [1.165, 1.54) is 27.8 Å². The van der Waals surface area contributed by atoms with E-state index < -0.39 is 0 Å². The fraction of sp³-hybridized carbons (Fsp3) is 0.0556. The molecule has 144 valence electrons. The van der Waals surface area contributed by atoms with Gasteiger partial charge in [0.05, 0.1) is 21.5 Å². The molecule has 3 heterocycles. The van der Waals surface area contributed by atoms with Gasteiger partial charge < -0.3 is 11.2 Å². The number of thioether (sulfide) groups is 1. The van der Waals surface area contributed by atoms with E-state index in [0.29, 0.717) is 21.5 Å². The molecule has 2 aromatic carbocycles. The van der Waals surface area contributed by atoms with Gasteiger partial charge in [-0.1, -0.05) is 51.2 Å². The van der Waals surface area contributed by atoms with Gasteiger partial charge in [0.15, 0.2) is 10.8 Å². The average Bonchev–Trinajstić information content (AvgIpc) is 3.24. The molecule has 1 amide bonds. The summed E-state index contributed by atoms with van der Waals surface area (Å²) in [5.41, 5.74) is 2.80. The lowest BCUT2D eigenvalue weighted by Gasteiger charge is -2.01. The molecule has 0 spiro atoms. The number of aromatic nitrogens is 5. The van der Waals surface area contributed by atoms with Crippen molar-refractivity contribution in [3.05, 3.63) is 46.9 Å². The van der Waals surface area contributed by atoms with Crippen LogP contribution in [0, 0.1) is 0 Å². The molecule has 0 unspecified atom stereocenters. The molecule has 0 aliphatic carbocycles. The maximum Gasteiger partial charge on any atom is 0.236 e. The monoisotopic (exact) mass is 485 g/mol. The molecule has 0 atom stereocenters. The van der Waals surface area contributed by atoms with Crippen LogP contribution in [0.1, 0.15) is 0 Å². The number of thiazole rings is 1. The van der Waals surface area contributed by atoms with Crippen LogP contribution in [-0.4, -0.2) is 36.5 Å². The van der Waals surface area contributed by atoms with Crippen LogP contribution in [0.4, 0.5) is 5.13 Å². The second kappa shape index (κ2) is 7.25. The minimum absolute atomic E-state index is 0.138. The molecule has 3 N–H and O–H groups in total. The summed E-state index contributed by atoms with van der Waals surface area (Å²) in [6.07, 6.45) is 0. The molecule has 3 aromatic heterocycles. The fourth-order valence-electron chi connectivity index (χ4n) is 2.94. The minimum Gasteiger partial charge on any atom is -0.337 e. The zero-order chi connectivity index (χ0) is 20.0. The average molecular weight is 486 g/mol. The standard InChI is InChI=1S/C18H12BrN7OS2/c19-9-5-6-12-10(7-9)15-16(26(12)20)23-18(25-24-15)28-8-14(27)22-17-21-11-3-1-2-4-13(11)29-17/h1-7H,8,20H2,(H,21,22,27). The maximum atomic E-state index is 12.3. The van der Waals surface area contributed by atoms with Crippen molar-refractivity contribution in [3.8, 4) is 0 Å². The molecular formula is C18H12BrN7OS2. The van der Waals surface area contributed by atoms with Crippen molar-refractivity contribution in [3.63, 3.8) is 0 Å². The highest BCUT2D eigenvalue weighted by atomic mass is 79.9. The third-order valence-electron chi connectivity index (χ3n) is 4.22. The number of nitrogens with one attached hydrogen (secondary N) is 1. The normalized spacial score (nSPS) is 11.5. The molecule has 0 aliphatic heterocycles. The number of nitrogens with zero attached hydrogens (tertiary/aromatic N) is 5. The summed E-state index contributed by atoms with van der Waals surface area (Å²) in [6, 6.07) is 13.5. The lowest BCUT2D eigenvalue weighted by molar-refractivity contribution is -0.113. The summed E-state index contributed by atoms with van der Waals surface area (Å²) in [6.45, 7) is 0. The van der Waals surface area contributed by atoms with Crippen molar-refractivity contribution in [1.82, 2.24) is 24.8 Å². The molecular weight excluding hydrogens is 474 g/mol. The Kier molecular flexibility index (Phi) is 4.57. The van der Waals surface area contributed by atoms with Crippen molar-refractivity contribution >= 4 is 82.4 Å². The first-order chi connectivity index (χ1) is 14.1. The number of hydrogen-bond acceptors (Lipinski definition) is 8. The van der Waals surface area contributed by atoms with Crippen LogP contribution in [-0.2, 0) is 4.79 Å². The van der Waals surface area contributed by atoms with Gasteiger partial charge in [0.25, 0.3) is 0 Å². The first-order valence-electron chi connectivity index (χ1n) is 8.46.